The van der Waals surface area contributed by atoms with Crippen LogP contribution in [0.4, 0.5) is 23.4 Å². The zero-order valence-corrected chi connectivity index (χ0v) is 22.8. The Morgan fingerprint density at radius 3 is 2.50 bits per heavy atom. The number of nitrogens with one attached hydrogen (secondary N) is 2. The number of hydrogen-bond acceptors (Lipinski definition) is 6. The van der Waals surface area contributed by atoms with Gasteiger partial charge in [-0.05, 0) is 52.4 Å². The molecule has 2 aromatic heterocycles. The van der Waals surface area contributed by atoms with Crippen LogP contribution >= 0.6 is 11.6 Å². The van der Waals surface area contributed by atoms with E-state index in [4.69, 9.17) is 11.6 Å². The van der Waals surface area contributed by atoms with E-state index < -0.39 is 29.6 Å². The average Bonchev–Trinajstić information content (AvgIpc) is 3.15. The van der Waals surface area contributed by atoms with Crippen molar-refractivity contribution >= 4 is 23.3 Å². The van der Waals surface area contributed by atoms with E-state index in [0.717, 1.165) is 32.0 Å². The maximum atomic E-state index is 14.0. The standard InChI is InChI=1S/C25H34ClF4N5O3/c1-6-35-20(18(26)19(34-35)21(36)32-13-25(37)9-7-14(2)8-10-25)15-12-31-17(11-16(15)38-22(27)28)33-23(3,4)24(5,29)30/h11-12,14,22,37H,6-10,13H2,1-5H3,(H,31,33)(H,32,36). The molecule has 2 heterocycles. The number of carbonyl (C=O) groups excluding carboxylic acids is 1. The second kappa shape index (κ2) is 11.3. The molecule has 13 heteroatoms. The van der Waals surface area contributed by atoms with Crippen LogP contribution in [0.2, 0.25) is 5.02 Å². The summed E-state index contributed by atoms with van der Waals surface area (Å²) < 4.78 is 60.6. The maximum absolute atomic E-state index is 14.0. The highest BCUT2D eigenvalue weighted by Crippen LogP contribution is 2.39. The molecule has 0 aliphatic heterocycles. The third-order valence-corrected chi connectivity index (χ3v) is 7.43. The first-order valence-corrected chi connectivity index (χ1v) is 12.8. The number of anilines is 1. The molecule has 0 spiro atoms. The fraction of sp³-hybridized carbons (Fsp3) is 0.640. The number of rotatable bonds is 10. The maximum Gasteiger partial charge on any atom is 0.387 e. The number of pyridine rings is 1. The third-order valence-electron chi connectivity index (χ3n) is 7.07. The van der Waals surface area contributed by atoms with Gasteiger partial charge in [0.25, 0.3) is 11.8 Å². The van der Waals surface area contributed by atoms with E-state index in [1.54, 1.807) is 6.92 Å². The van der Waals surface area contributed by atoms with Gasteiger partial charge in [0.05, 0.1) is 27.4 Å². The molecule has 0 atom stereocenters. The lowest BCUT2D eigenvalue weighted by Gasteiger charge is -2.34. The number of ether oxygens (including phenoxy) is 1. The first-order chi connectivity index (χ1) is 17.6. The Morgan fingerprint density at radius 2 is 1.95 bits per heavy atom. The molecule has 1 fully saturated rings. The number of alkyl halides is 4. The number of nitrogens with zero attached hydrogens (tertiary/aromatic N) is 3. The summed E-state index contributed by atoms with van der Waals surface area (Å²) in [5, 5.41) is 20.1. The zero-order chi connectivity index (χ0) is 28.5. The molecular weight excluding hydrogens is 530 g/mol. The van der Waals surface area contributed by atoms with Crippen LogP contribution in [0.25, 0.3) is 11.3 Å². The van der Waals surface area contributed by atoms with Gasteiger partial charge >= 0.3 is 6.61 Å². The summed E-state index contributed by atoms with van der Waals surface area (Å²) in [5.41, 5.74) is -2.85. The van der Waals surface area contributed by atoms with Gasteiger partial charge in [-0.1, -0.05) is 18.5 Å². The van der Waals surface area contributed by atoms with Crippen molar-refractivity contribution in [2.45, 2.75) is 90.5 Å². The van der Waals surface area contributed by atoms with Gasteiger partial charge in [-0.25, -0.2) is 13.8 Å². The van der Waals surface area contributed by atoms with Crippen LogP contribution in [0, 0.1) is 5.92 Å². The van der Waals surface area contributed by atoms with E-state index in [9.17, 15) is 27.5 Å². The lowest BCUT2D eigenvalue weighted by molar-refractivity contribution is -0.0496. The Balaban J connectivity index is 1.93. The number of aromatic nitrogens is 3. The van der Waals surface area contributed by atoms with Crippen LogP contribution < -0.4 is 15.4 Å². The highest BCUT2D eigenvalue weighted by molar-refractivity contribution is 6.36. The van der Waals surface area contributed by atoms with E-state index in [1.165, 1.54) is 18.5 Å². The predicted octanol–water partition coefficient (Wildman–Crippen LogP) is 5.74. The quantitative estimate of drug-likeness (QED) is 0.319. The van der Waals surface area contributed by atoms with Crippen molar-refractivity contribution in [3.05, 3.63) is 23.0 Å². The number of amides is 1. The van der Waals surface area contributed by atoms with Gasteiger partial charge in [0, 0.05) is 32.3 Å². The minimum atomic E-state index is -3.23. The van der Waals surface area contributed by atoms with Crippen molar-refractivity contribution in [3.63, 3.8) is 0 Å². The zero-order valence-electron chi connectivity index (χ0n) is 22.0. The summed E-state index contributed by atoms with van der Waals surface area (Å²) >= 11 is 6.54. The molecule has 38 heavy (non-hydrogen) atoms. The number of hydrogen-bond donors (Lipinski definition) is 3. The minimum Gasteiger partial charge on any atom is -0.434 e. The molecule has 1 aliphatic rings. The van der Waals surface area contributed by atoms with Gasteiger partial charge in [0.1, 0.15) is 11.6 Å². The fourth-order valence-electron chi connectivity index (χ4n) is 4.18. The molecular formula is C25H34ClF4N5O3. The predicted molar refractivity (Wildman–Crippen MR) is 136 cm³/mol. The number of halogens is 5. The normalized spacial score (nSPS) is 20.5. The van der Waals surface area contributed by atoms with Crippen LogP contribution in [0.3, 0.4) is 0 Å². The van der Waals surface area contributed by atoms with Gasteiger partial charge < -0.3 is 20.5 Å². The first kappa shape index (κ1) is 29.9. The largest absolute Gasteiger partial charge is 0.434 e. The van der Waals surface area contributed by atoms with E-state index in [0.29, 0.717) is 18.8 Å². The summed E-state index contributed by atoms with van der Waals surface area (Å²) in [6, 6.07) is 1.07. The lowest BCUT2D eigenvalue weighted by atomic mass is 9.79. The van der Waals surface area contributed by atoms with Crippen molar-refractivity contribution in [2.75, 3.05) is 11.9 Å². The Labute approximate surface area is 224 Å². The average molecular weight is 564 g/mol. The molecule has 1 aliphatic carbocycles. The molecule has 0 radical (unpaired) electrons. The van der Waals surface area contributed by atoms with Crippen molar-refractivity contribution in [3.8, 4) is 17.0 Å². The van der Waals surface area contributed by atoms with E-state index in [1.807, 2.05) is 0 Å². The summed E-state index contributed by atoms with van der Waals surface area (Å²) in [4.78, 5) is 17.1. The summed E-state index contributed by atoms with van der Waals surface area (Å²) in [6.45, 7) is 4.04. The fourth-order valence-corrected chi connectivity index (χ4v) is 4.51. The third kappa shape index (κ3) is 6.69. The SMILES string of the molecule is CCn1nc(C(=O)NCC2(O)CCC(C)CC2)c(Cl)c1-c1cnc(NC(C)(C)C(C)(F)F)cc1OC(F)F. The molecule has 212 valence electrons. The van der Waals surface area contributed by atoms with Crippen molar-refractivity contribution < 1.29 is 32.2 Å². The Bertz CT molecular complexity index is 1140. The molecule has 3 N–H and O–H groups in total. The molecule has 2 aromatic rings. The molecule has 1 amide bonds. The van der Waals surface area contributed by atoms with Crippen molar-refractivity contribution in [1.82, 2.24) is 20.1 Å². The summed E-state index contributed by atoms with van der Waals surface area (Å²) in [5.74, 6) is -3.80. The van der Waals surface area contributed by atoms with Crippen LogP contribution in [-0.2, 0) is 6.54 Å². The molecule has 1 saturated carbocycles. The number of aryl methyl sites for hydroxylation is 1. The molecule has 0 bridgehead atoms. The minimum absolute atomic E-state index is 0.00443. The van der Waals surface area contributed by atoms with E-state index in [2.05, 4.69) is 32.4 Å². The van der Waals surface area contributed by atoms with Gasteiger partial charge in [0.2, 0.25) is 0 Å². The van der Waals surface area contributed by atoms with Crippen molar-refractivity contribution in [1.29, 1.82) is 0 Å². The highest BCUT2D eigenvalue weighted by atomic mass is 35.5. The topological polar surface area (TPSA) is 101 Å². The molecule has 0 saturated heterocycles. The molecule has 0 aromatic carbocycles. The second-order valence-electron chi connectivity index (χ2n) is 10.5. The summed E-state index contributed by atoms with van der Waals surface area (Å²) in [6.07, 6.45) is 3.95. The lowest BCUT2D eigenvalue weighted by Crippen LogP contribution is -2.47. The van der Waals surface area contributed by atoms with Crippen molar-refractivity contribution in [2.24, 2.45) is 5.92 Å². The molecule has 0 unspecified atom stereocenters. The second-order valence-corrected chi connectivity index (χ2v) is 10.9. The van der Waals surface area contributed by atoms with Crippen LogP contribution in [0.1, 0.15) is 70.8 Å². The highest BCUT2D eigenvalue weighted by Gasteiger charge is 2.42. The number of aliphatic hydroxyl groups is 1. The molecule has 3 rings (SSSR count). The van der Waals surface area contributed by atoms with Gasteiger partial charge in [-0.3, -0.25) is 9.48 Å². The Morgan fingerprint density at radius 1 is 1.32 bits per heavy atom. The van der Waals surface area contributed by atoms with Gasteiger partial charge in [0.15, 0.2) is 5.69 Å². The van der Waals surface area contributed by atoms with E-state index >= 15 is 0 Å². The first-order valence-electron chi connectivity index (χ1n) is 12.4. The Hall–Kier alpha value is -2.60. The smallest absolute Gasteiger partial charge is 0.387 e. The Kier molecular flexibility index (Phi) is 8.87. The number of carbonyl (C=O) groups is 1. The molecule has 8 nitrogen and oxygen atoms in total. The van der Waals surface area contributed by atoms with Gasteiger partial charge in [-0.15, -0.1) is 0 Å². The van der Waals surface area contributed by atoms with Crippen LogP contribution in [-0.4, -0.2) is 56.0 Å². The van der Waals surface area contributed by atoms with Gasteiger partial charge in [-0.2, -0.15) is 13.9 Å². The summed E-state index contributed by atoms with van der Waals surface area (Å²) in [7, 11) is 0. The van der Waals surface area contributed by atoms with E-state index in [-0.39, 0.29) is 46.6 Å². The van der Waals surface area contributed by atoms with Crippen LogP contribution in [0.15, 0.2) is 12.3 Å². The van der Waals surface area contributed by atoms with Crippen LogP contribution in [0.5, 0.6) is 5.75 Å². The monoisotopic (exact) mass is 563 g/mol.